The van der Waals surface area contributed by atoms with Crippen molar-refractivity contribution < 1.29 is 14.3 Å². The van der Waals surface area contributed by atoms with Crippen LogP contribution in [0.3, 0.4) is 0 Å². The van der Waals surface area contributed by atoms with Crippen molar-refractivity contribution in [3.63, 3.8) is 0 Å². The molecule has 1 aromatic carbocycles. The molecule has 0 spiro atoms. The van der Waals surface area contributed by atoms with Crippen LogP contribution in [0.15, 0.2) is 36.5 Å². The van der Waals surface area contributed by atoms with Crippen molar-refractivity contribution in [3.8, 4) is 0 Å². The Morgan fingerprint density at radius 1 is 1.17 bits per heavy atom. The number of benzene rings is 1. The lowest BCUT2D eigenvalue weighted by Gasteiger charge is -2.31. The predicted octanol–water partition coefficient (Wildman–Crippen LogP) is 3.98. The largest absolute Gasteiger partial charge is 0.450 e. The van der Waals surface area contributed by atoms with Crippen LogP contribution in [0.4, 0.5) is 16.3 Å². The van der Waals surface area contributed by atoms with Gasteiger partial charge in [0.25, 0.3) is 5.91 Å². The van der Waals surface area contributed by atoms with Crippen LogP contribution in [-0.4, -0.2) is 47.6 Å². The molecule has 1 aliphatic heterocycles. The number of carbonyl (C=O) groups excluding carboxylic acids is 2. The first-order valence-electron chi connectivity index (χ1n) is 9.99. The first-order valence-corrected chi connectivity index (χ1v) is 9.99. The standard InChI is InChI=1S/C22H28N4O3/c1-4-29-22(28)26-11-8-18(9-12-26)24-20-14-17(7-10-23-20)21(27)25-19-13-15(2)5-6-16(19)3/h5-7,10,13-14,18H,4,8-9,11-12H2,1-3H3,(H,23,24)(H,25,27). The Hall–Kier alpha value is -3.09. The van der Waals surface area contributed by atoms with Crippen molar-refractivity contribution in [1.29, 1.82) is 0 Å². The normalized spacial score (nSPS) is 14.4. The number of carbonyl (C=O) groups is 2. The van der Waals surface area contributed by atoms with Crippen molar-refractivity contribution in [2.24, 2.45) is 0 Å². The number of likely N-dealkylation sites (tertiary alicyclic amines) is 1. The highest BCUT2D eigenvalue weighted by Gasteiger charge is 2.23. The molecule has 0 bridgehead atoms. The van der Waals surface area contributed by atoms with E-state index < -0.39 is 0 Å². The Kier molecular flexibility index (Phi) is 6.69. The first-order chi connectivity index (χ1) is 14.0. The van der Waals surface area contributed by atoms with Crippen molar-refractivity contribution >= 4 is 23.5 Å². The lowest BCUT2D eigenvalue weighted by atomic mass is 10.1. The van der Waals surface area contributed by atoms with Crippen LogP contribution in [0.25, 0.3) is 0 Å². The highest BCUT2D eigenvalue weighted by atomic mass is 16.6. The summed E-state index contributed by atoms with van der Waals surface area (Å²) in [5, 5.41) is 6.36. The SMILES string of the molecule is CCOC(=O)N1CCC(Nc2cc(C(=O)Nc3cc(C)ccc3C)ccn2)CC1. The number of pyridine rings is 1. The van der Waals surface area contributed by atoms with E-state index in [1.807, 2.05) is 32.0 Å². The van der Waals surface area contributed by atoms with Crippen molar-refractivity contribution in [2.75, 3.05) is 30.3 Å². The van der Waals surface area contributed by atoms with Gasteiger partial charge in [0, 0.05) is 36.6 Å². The zero-order valence-electron chi connectivity index (χ0n) is 17.2. The molecule has 2 aromatic rings. The summed E-state index contributed by atoms with van der Waals surface area (Å²) in [5.41, 5.74) is 3.47. The number of aromatic nitrogens is 1. The minimum Gasteiger partial charge on any atom is -0.450 e. The molecule has 1 aliphatic rings. The first kappa shape index (κ1) is 20.6. The molecular formula is C22H28N4O3. The highest BCUT2D eigenvalue weighted by Crippen LogP contribution is 2.19. The number of ether oxygens (including phenoxy) is 1. The van der Waals surface area contributed by atoms with E-state index in [0.717, 1.165) is 29.7 Å². The van der Waals surface area contributed by atoms with E-state index in [1.165, 1.54) is 0 Å². The molecule has 1 saturated heterocycles. The molecule has 1 aromatic heterocycles. The Labute approximate surface area is 171 Å². The minimum absolute atomic E-state index is 0.165. The molecule has 3 rings (SSSR count). The number of nitrogens with zero attached hydrogens (tertiary/aromatic N) is 2. The molecule has 7 heteroatoms. The van der Waals surface area contributed by atoms with Crippen LogP contribution < -0.4 is 10.6 Å². The molecule has 2 N–H and O–H groups in total. The zero-order valence-corrected chi connectivity index (χ0v) is 17.2. The van der Waals surface area contributed by atoms with Crippen LogP contribution in [0.1, 0.15) is 41.3 Å². The number of rotatable bonds is 5. The topological polar surface area (TPSA) is 83.6 Å². The number of hydrogen-bond donors (Lipinski definition) is 2. The molecule has 0 atom stereocenters. The van der Waals surface area contributed by atoms with E-state index in [4.69, 9.17) is 4.74 Å². The van der Waals surface area contributed by atoms with Crippen molar-refractivity contribution in [2.45, 2.75) is 39.7 Å². The summed E-state index contributed by atoms with van der Waals surface area (Å²) in [6.07, 6.45) is 2.99. The summed E-state index contributed by atoms with van der Waals surface area (Å²) in [6, 6.07) is 9.64. The van der Waals surface area contributed by atoms with Gasteiger partial charge in [0.1, 0.15) is 5.82 Å². The zero-order chi connectivity index (χ0) is 20.8. The van der Waals surface area contributed by atoms with Gasteiger partial charge in [-0.25, -0.2) is 9.78 Å². The van der Waals surface area contributed by atoms with E-state index >= 15 is 0 Å². The molecule has 29 heavy (non-hydrogen) atoms. The van der Waals surface area contributed by atoms with Crippen LogP contribution in [-0.2, 0) is 4.74 Å². The number of anilines is 2. The second-order valence-electron chi connectivity index (χ2n) is 7.31. The Bertz CT molecular complexity index is 876. The number of piperidine rings is 1. The summed E-state index contributed by atoms with van der Waals surface area (Å²) in [5.74, 6) is 0.495. The second-order valence-corrected chi connectivity index (χ2v) is 7.31. The number of nitrogens with one attached hydrogen (secondary N) is 2. The molecule has 154 valence electrons. The molecule has 0 aliphatic carbocycles. The summed E-state index contributed by atoms with van der Waals surface area (Å²) in [4.78, 5) is 30.5. The maximum atomic E-state index is 12.7. The summed E-state index contributed by atoms with van der Waals surface area (Å²) < 4.78 is 5.05. The lowest BCUT2D eigenvalue weighted by molar-refractivity contribution is 0.0981. The third-order valence-corrected chi connectivity index (χ3v) is 5.04. The third-order valence-electron chi connectivity index (χ3n) is 5.04. The van der Waals surface area contributed by atoms with Crippen LogP contribution in [0.2, 0.25) is 0 Å². The number of hydrogen-bond acceptors (Lipinski definition) is 5. The molecule has 2 amide bonds. The molecule has 2 heterocycles. The van der Waals surface area contributed by atoms with Crippen LogP contribution in [0, 0.1) is 13.8 Å². The molecular weight excluding hydrogens is 368 g/mol. The van der Waals surface area contributed by atoms with Gasteiger partial charge in [0.05, 0.1) is 6.61 Å². The van der Waals surface area contributed by atoms with E-state index in [0.29, 0.717) is 31.1 Å². The van der Waals surface area contributed by atoms with Gasteiger partial charge in [0.2, 0.25) is 0 Å². The fourth-order valence-corrected chi connectivity index (χ4v) is 3.35. The quantitative estimate of drug-likeness (QED) is 0.799. The van der Waals surface area contributed by atoms with Crippen molar-refractivity contribution in [1.82, 2.24) is 9.88 Å². The molecule has 0 unspecified atom stereocenters. The summed E-state index contributed by atoms with van der Waals surface area (Å²) >= 11 is 0. The van der Waals surface area contributed by atoms with E-state index in [1.54, 1.807) is 30.2 Å². The van der Waals surface area contributed by atoms with Gasteiger partial charge < -0.3 is 20.3 Å². The molecule has 0 saturated carbocycles. The molecule has 1 fully saturated rings. The van der Waals surface area contributed by atoms with Gasteiger partial charge in [-0.1, -0.05) is 12.1 Å². The summed E-state index contributed by atoms with van der Waals surface area (Å²) in [7, 11) is 0. The molecule has 0 radical (unpaired) electrons. The monoisotopic (exact) mass is 396 g/mol. The second kappa shape index (κ2) is 9.41. The number of aryl methyl sites for hydroxylation is 2. The number of amides is 2. The third kappa shape index (κ3) is 5.47. The smallest absolute Gasteiger partial charge is 0.409 e. The van der Waals surface area contributed by atoms with Crippen molar-refractivity contribution in [3.05, 3.63) is 53.2 Å². The van der Waals surface area contributed by atoms with Gasteiger partial charge >= 0.3 is 6.09 Å². The summed E-state index contributed by atoms with van der Waals surface area (Å²) in [6.45, 7) is 7.44. The Balaban J connectivity index is 1.59. The van der Waals surface area contributed by atoms with Gasteiger partial charge in [-0.15, -0.1) is 0 Å². The molecule has 7 nitrogen and oxygen atoms in total. The van der Waals surface area contributed by atoms with Gasteiger partial charge in [-0.2, -0.15) is 0 Å². The fraction of sp³-hybridized carbons (Fsp3) is 0.409. The maximum absolute atomic E-state index is 12.7. The van der Waals surface area contributed by atoms with Crippen LogP contribution >= 0.6 is 0 Å². The van der Waals surface area contributed by atoms with Gasteiger partial charge in [-0.3, -0.25) is 4.79 Å². The lowest BCUT2D eigenvalue weighted by Crippen LogP contribution is -2.42. The van der Waals surface area contributed by atoms with E-state index in [2.05, 4.69) is 15.6 Å². The van der Waals surface area contributed by atoms with E-state index in [9.17, 15) is 9.59 Å². The average molecular weight is 396 g/mol. The Morgan fingerprint density at radius 2 is 1.93 bits per heavy atom. The van der Waals surface area contributed by atoms with Gasteiger partial charge in [-0.05, 0) is 62.9 Å². The average Bonchev–Trinajstić information content (AvgIpc) is 2.71. The van der Waals surface area contributed by atoms with Crippen LogP contribution in [0.5, 0.6) is 0 Å². The predicted molar refractivity (Wildman–Crippen MR) is 113 cm³/mol. The fourth-order valence-electron chi connectivity index (χ4n) is 3.35. The maximum Gasteiger partial charge on any atom is 0.409 e. The van der Waals surface area contributed by atoms with E-state index in [-0.39, 0.29) is 18.0 Å². The minimum atomic E-state index is -0.255. The van der Waals surface area contributed by atoms with Gasteiger partial charge in [0.15, 0.2) is 0 Å². The highest BCUT2D eigenvalue weighted by molar-refractivity contribution is 6.05. The Morgan fingerprint density at radius 3 is 2.66 bits per heavy atom.